The molecule has 0 radical (unpaired) electrons. The van der Waals surface area contributed by atoms with Crippen LogP contribution in [0.15, 0.2) is 6.33 Å². The average molecular weight is 182 g/mol. The minimum Gasteiger partial charge on any atom is -0.369 e. The summed E-state index contributed by atoms with van der Waals surface area (Å²) in [5, 5.41) is 3.89. The van der Waals surface area contributed by atoms with Gasteiger partial charge in [-0.15, -0.1) is 0 Å². The van der Waals surface area contributed by atoms with Gasteiger partial charge in [-0.25, -0.2) is 9.97 Å². The van der Waals surface area contributed by atoms with Crippen molar-refractivity contribution in [2.24, 2.45) is 0 Å². The summed E-state index contributed by atoms with van der Waals surface area (Å²) >= 11 is 6.00. The van der Waals surface area contributed by atoms with Crippen LogP contribution in [0, 0.1) is 0 Å². The Balaban J connectivity index is 2.26. The second kappa shape index (κ2) is 1.91. The Kier molecular flexibility index (Phi) is 1.06. The molecule has 62 valence electrons. The van der Waals surface area contributed by atoms with Crippen molar-refractivity contribution in [1.29, 1.82) is 0 Å². The molecule has 0 aromatic carbocycles. The molecule has 0 bridgehead atoms. The van der Waals surface area contributed by atoms with Crippen LogP contribution in [-0.4, -0.2) is 16.5 Å². The van der Waals surface area contributed by atoms with E-state index in [0.29, 0.717) is 10.6 Å². The molecule has 4 heteroatoms. The summed E-state index contributed by atoms with van der Waals surface area (Å²) in [7, 11) is 0. The molecule has 1 saturated carbocycles. The van der Waals surface area contributed by atoms with E-state index in [2.05, 4.69) is 15.3 Å². The number of fused-ring (bicyclic) bond motifs is 2. The topological polar surface area (TPSA) is 37.8 Å². The van der Waals surface area contributed by atoms with E-state index in [4.69, 9.17) is 11.6 Å². The average Bonchev–Trinajstić information content (AvgIpc) is 2.71. The van der Waals surface area contributed by atoms with Crippen molar-refractivity contribution >= 4 is 17.4 Å². The van der Waals surface area contributed by atoms with E-state index in [1.165, 1.54) is 19.2 Å². The molecule has 0 saturated heterocycles. The van der Waals surface area contributed by atoms with E-state index in [1.807, 2.05) is 0 Å². The second-order valence-corrected chi connectivity index (χ2v) is 3.88. The Morgan fingerprint density at radius 3 is 3.00 bits per heavy atom. The van der Waals surface area contributed by atoms with Crippen LogP contribution in [0.2, 0.25) is 5.15 Å². The lowest BCUT2D eigenvalue weighted by molar-refractivity contribution is 0.773. The van der Waals surface area contributed by atoms with Crippen molar-refractivity contribution in [2.75, 3.05) is 11.9 Å². The van der Waals surface area contributed by atoms with E-state index in [9.17, 15) is 0 Å². The fraction of sp³-hybridized carbons (Fsp3) is 0.500. The van der Waals surface area contributed by atoms with Crippen LogP contribution in [0.25, 0.3) is 0 Å². The molecule has 0 amide bonds. The van der Waals surface area contributed by atoms with Crippen LogP contribution in [0.4, 0.5) is 5.82 Å². The molecule has 1 spiro atoms. The molecule has 12 heavy (non-hydrogen) atoms. The molecule has 1 N–H and O–H groups in total. The van der Waals surface area contributed by atoms with Gasteiger partial charge in [-0.2, -0.15) is 0 Å². The van der Waals surface area contributed by atoms with Crippen molar-refractivity contribution in [3.8, 4) is 0 Å². The van der Waals surface area contributed by atoms with E-state index in [-0.39, 0.29) is 0 Å². The van der Waals surface area contributed by atoms with Gasteiger partial charge in [-0.3, -0.25) is 0 Å². The number of hydrogen-bond acceptors (Lipinski definition) is 3. The smallest absolute Gasteiger partial charge is 0.138 e. The first-order valence-electron chi connectivity index (χ1n) is 4.07. The summed E-state index contributed by atoms with van der Waals surface area (Å²) < 4.78 is 0. The fourth-order valence-corrected chi connectivity index (χ4v) is 2.22. The Morgan fingerprint density at radius 1 is 1.42 bits per heavy atom. The molecule has 1 aliphatic heterocycles. The first-order chi connectivity index (χ1) is 5.82. The number of aromatic nitrogens is 2. The Labute approximate surface area is 75.2 Å². The third kappa shape index (κ3) is 0.672. The van der Waals surface area contributed by atoms with Gasteiger partial charge in [0.1, 0.15) is 17.3 Å². The number of nitrogens with one attached hydrogen (secondary N) is 1. The van der Waals surface area contributed by atoms with Crippen LogP contribution in [-0.2, 0) is 5.41 Å². The maximum atomic E-state index is 6.00. The first-order valence-corrected chi connectivity index (χ1v) is 4.44. The largest absolute Gasteiger partial charge is 0.369 e. The highest BCUT2D eigenvalue weighted by Crippen LogP contribution is 2.55. The summed E-state index contributed by atoms with van der Waals surface area (Å²) in [6.45, 7) is 0.987. The van der Waals surface area contributed by atoms with Gasteiger partial charge < -0.3 is 5.32 Å². The monoisotopic (exact) mass is 181 g/mol. The van der Waals surface area contributed by atoms with Crippen molar-refractivity contribution < 1.29 is 0 Å². The van der Waals surface area contributed by atoms with Crippen molar-refractivity contribution in [3.05, 3.63) is 17.0 Å². The maximum absolute atomic E-state index is 6.00. The van der Waals surface area contributed by atoms with Crippen molar-refractivity contribution in [1.82, 2.24) is 9.97 Å². The minimum atomic E-state index is 0.299. The highest BCUT2D eigenvalue weighted by Gasteiger charge is 2.51. The zero-order valence-electron chi connectivity index (χ0n) is 6.47. The Morgan fingerprint density at radius 2 is 2.25 bits per heavy atom. The van der Waals surface area contributed by atoms with E-state index < -0.39 is 0 Å². The highest BCUT2D eigenvalue weighted by atomic mass is 35.5. The molecule has 1 aromatic heterocycles. The molecule has 1 fully saturated rings. The molecule has 2 heterocycles. The van der Waals surface area contributed by atoms with Crippen LogP contribution >= 0.6 is 11.6 Å². The molecular weight excluding hydrogens is 174 g/mol. The number of nitrogens with zero attached hydrogens (tertiary/aromatic N) is 2. The lowest BCUT2D eigenvalue weighted by atomic mass is 10.0. The lowest BCUT2D eigenvalue weighted by Gasteiger charge is -2.04. The molecule has 0 atom stereocenters. The van der Waals surface area contributed by atoms with Gasteiger partial charge in [-0.1, -0.05) is 11.6 Å². The molecule has 0 unspecified atom stereocenters. The molecule has 2 aliphatic rings. The Hall–Kier alpha value is -0.830. The summed E-state index contributed by atoms with van der Waals surface area (Å²) in [5.74, 6) is 0.938. The molecule has 1 aromatic rings. The number of rotatable bonds is 0. The van der Waals surface area contributed by atoms with Crippen LogP contribution in [0.1, 0.15) is 18.4 Å². The summed E-state index contributed by atoms with van der Waals surface area (Å²) in [6, 6.07) is 0. The first kappa shape index (κ1) is 6.66. The fourth-order valence-electron chi connectivity index (χ4n) is 1.89. The van der Waals surface area contributed by atoms with Gasteiger partial charge in [0, 0.05) is 17.5 Å². The lowest BCUT2D eigenvalue weighted by Crippen LogP contribution is -2.08. The van der Waals surface area contributed by atoms with Gasteiger partial charge >= 0.3 is 0 Å². The summed E-state index contributed by atoms with van der Waals surface area (Å²) in [4.78, 5) is 8.15. The number of anilines is 1. The predicted molar refractivity (Wildman–Crippen MR) is 46.4 cm³/mol. The second-order valence-electron chi connectivity index (χ2n) is 3.52. The third-order valence-corrected chi connectivity index (χ3v) is 3.07. The van der Waals surface area contributed by atoms with Crippen molar-refractivity contribution in [3.63, 3.8) is 0 Å². The Bertz CT molecular complexity index is 346. The molecule has 3 nitrogen and oxygen atoms in total. The molecular formula is C8H8ClN3. The van der Waals surface area contributed by atoms with Crippen LogP contribution in [0.3, 0.4) is 0 Å². The van der Waals surface area contributed by atoms with Crippen LogP contribution < -0.4 is 5.32 Å². The highest BCUT2D eigenvalue weighted by molar-refractivity contribution is 6.30. The van der Waals surface area contributed by atoms with Gasteiger partial charge in [0.05, 0.1) is 0 Å². The van der Waals surface area contributed by atoms with Gasteiger partial charge in [0.15, 0.2) is 0 Å². The SMILES string of the molecule is Clc1ncnc2c1C1(CC1)CN2. The standard InChI is InChI=1S/C8H8ClN3/c9-6-5-7(12-4-11-6)10-3-8(5)1-2-8/h4H,1-3H2,(H,10,11,12). The zero-order valence-corrected chi connectivity index (χ0v) is 7.23. The van der Waals surface area contributed by atoms with Crippen molar-refractivity contribution in [2.45, 2.75) is 18.3 Å². The third-order valence-electron chi connectivity index (χ3n) is 2.78. The quantitative estimate of drug-likeness (QED) is 0.618. The van der Waals surface area contributed by atoms with E-state index in [1.54, 1.807) is 0 Å². The summed E-state index contributed by atoms with van der Waals surface area (Å²) in [6.07, 6.45) is 3.95. The van der Waals surface area contributed by atoms with E-state index in [0.717, 1.165) is 17.9 Å². The van der Waals surface area contributed by atoms with Gasteiger partial charge in [0.25, 0.3) is 0 Å². The number of hydrogen-bond donors (Lipinski definition) is 1. The molecule has 3 rings (SSSR count). The minimum absolute atomic E-state index is 0.299. The normalized spacial score (nSPS) is 22.1. The van der Waals surface area contributed by atoms with Crippen LogP contribution in [0.5, 0.6) is 0 Å². The molecule has 1 aliphatic carbocycles. The van der Waals surface area contributed by atoms with Gasteiger partial charge in [-0.05, 0) is 12.8 Å². The predicted octanol–water partition coefficient (Wildman–Crippen LogP) is 1.59. The van der Waals surface area contributed by atoms with Gasteiger partial charge in [0.2, 0.25) is 0 Å². The number of halogens is 1. The summed E-state index contributed by atoms with van der Waals surface area (Å²) in [5.41, 5.74) is 1.44. The zero-order chi connectivity index (χ0) is 8.18. The van der Waals surface area contributed by atoms with E-state index >= 15 is 0 Å². The maximum Gasteiger partial charge on any atom is 0.138 e.